The molecular formula is C20H30ClN3O3S. The zero-order valence-electron chi connectivity index (χ0n) is 16.5. The molecule has 4 atom stereocenters. The van der Waals surface area contributed by atoms with Crippen molar-refractivity contribution in [2.75, 3.05) is 26.2 Å². The van der Waals surface area contributed by atoms with Crippen molar-refractivity contribution in [2.45, 2.75) is 44.0 Å². The zero-order valence-corrected chi connectivity index (χ0v) is 18.1. The molecule has 8 heteroatoms. The van der Waals surface area contributed by atoms with Crippen molar-refractivity contribution in [2.24, 2.45) is 23.5 Å². The van der Waals surface area contributed by atoms with Gasteiger partial charge in [-0.3, -0.25) is 4.79 Å². The maximum absolute atomic E-state index is 13.0. The topological polar surface area (TPSA) is 83.7 Å². The number of halogens is 1. The number of hydrogen-bond acceptors (Lipinski definition) is 4. The van der Waals surface area contributed by atoms with E-state index in [2.05, 4.69) is 0 Å². The van der Waals surface area contributed by atoms with Gasteiger partial charge in [0, 0.05) is 32.2 Å². The van der Waals surface area contributed by atoms with Crippen LogP contribution < -0.4 is 5.73 Å². The molecule has 2 bridgehead atoms. The lowest BCUT2D eigenvalue weighted by Gasteiger charge is -2.38. The van der Waals surface area contributed by atoms with Crippen LogP contribution in [0.5, 0.6) is 0 Å². The molecule has 1 aromatic rings. The van der Waals surface area contributed by atoms with Gasteiger partial charge in [-0.15, -0.1) is 12.4 Å². The number of carbonyl (C=O) groups is 1. The Labute approximate surface area is 173 Å². The molecule has 1 aliphatic heterocycles. The first-order valence-corrected chi connectivity index (χ1v) is 11.3. The summed E-state index contributed by atoms with van der Waals surface area (Å²) in [6.07, 6.45) is 3.34. The van der Waals surface area contributed by atoms with Crippen molar-refractivity contribution in [1.82, 2.24) is 9.21 Å². The molecule has 2 N–H and O–H groups in total. The number of sulfonamides is 1. The number of benzene rings is 1. The summed E-state index contributed by atoms with van der Waals surface area (Å²) >= 11 is 0. The third-order valence-corrected chi connectivity index (χ3v) is 8.83. The van der Waals surface area contributed by atoms with Crippen molar-refractivity contribution in [3.05, 3.63) is 29.3 Å². The molecule has 1 amide bonds. The molecule has 1 heterocycles. The van der Waals surface area contributed by atoms with Crippen molar-refractivity contribution in [3.8, 4) is 0 Å². The number of nitrogens with zero attached hydrogens (tertiary/aromatic N) is 2. The Hall–Kier alpha value is -1.15. The predicted octanol–water partition coefficient (Wildman–Crippen LogP) is 1.93. The molecule has 28 heavy (non-hydrogen) atoms. The summed E-state index contributed by atoms with van der Waals surface area (Å²) in [7, 11) is -3.52. The van der Waals surface area contributed by atoms with Crippen LogP contribution in [0.4, 0.5) is 0 Å². The summed E-state index contributed by atoms with van der Waals surface area (Å²) in [6, 6.07) is 5.23. The molecule has 4 unspecified atom stereocenters. The minimum atomic E-state index is -3.52. The van der Waals surface area contributed by atoms with Gasteiger partial charge in [0.2, 0.25) is 15.9 Å². The van der Waals surface area contributed by atoms with Gasteiger partial charge in [0.1, 0.15) is 0 Å². The van der Waals surface area contributed by atoms with Crippen LogP contribution in [0.25, 0.3) is 0 Å². The van der Waals surface area contributed by atoms with E-state index in [9.17, 15) is 13.2 Å². The average Bonchev–Trinajstić information content (AvgIpc) is 3.24. The maximum atomic E-state index is 13.0. The second-order valence-corrected chi connectivity index (χ2v) is 10.3. The smallest absolute Gasteiger partial charge is 0.243 e. The lowest BCUT2D eigenvalue weighted by atomic mass is 9.84. The van der Waals surface area contributed by atoms with E-state index in [4.69, 9.17) is 5.73 Å². The minimum Gasteiger partial charge on any atom is -0.340 e. The van der Waals surface area contributed by atoms with Crippen molar-refractivity contribution >= 4 is 28.3 Å². The standard InChI is InChI=1S/C20H29N3O3S.ClH/c1-13-3-6-17(11-14(13)2)27(25,26)23-9-7-22(8-10-23)20(24)18-15-4-5-16(12-15)19(18)21;/h3,6,11,15-16,18-19H,4-5,7-10,12,21H2,1-2H3;1H. The fourth-order valence-corrected chi connectivity index (χ4v) is 6.59. The van der Waals surface area contributed by atoms with Gasteiger partial charge in [-0.2, -0.15) is 4.31 Å². The summed E-state index contributed by atoms with van der Waals surface area (Å²) in [5, 5.41) is 0. The van der Waals surface area contributed by atoms with Gasteiger partial charge in [0.15, 0.2) is 0 Å². The first-order chi connectivity index (χ1) is 12.8. The van der Waals surface area contributed by atoms with E-state index in [1.807, 2.05) is 24.8 Å². The molecule has 3 aliphatic rings. The van der Waals surface area contributed by atoms with E-state index in [0.29, 0.717) is 42.9 Å². The molecule has 6 nitrogen and oxygen atoms in total. The molecular weight excluding hydrogens is 398 g/mol. The number of rotatable bonds is 3. The molecule has 156 valence electrons. The molecule has 3 fully saturated rings. The summed E-state index contributed by atoms with van der Waals surface area (Å²) in [5.74, 6) is 0.995. The van der Waals surface area contributed by atoms with Crippen molar-refractivity contribution < 1.29 is 13.2 Å². The Bertz CT molecular complexity index is 850. The molecule has 1 saturated heterocycles. The Morgan fingerprint density at radius 2 is 1.68 bits per heavy atom. The second-order valence-electron chi connectivity index (χ2n) is 8.41. The largest absolute Gasteiger partial charge is 0.340 e. The Morgan fingerprint density at radius 3 is 2.25 bits per heavy atom. The van der Waals surface area contributed by atoms with Gasteiger partial charge in [0.25, 0.3) is 0 Å². The van der Waals surface area contributed by atoms with Crippen molar-refractivity contribution in [3.63, 3.8) is 0 Å². The van der Waals surface area contributed by atoms with E-state index in [0.717, 1.165) is 30.4 Å². The highest BCUT2D eigenvalue weighted by atomic mass is 35.5. The Kier molecular flexibility index (Phi) is 6.11. The number of amides is 1. The SMILES string of the molecule is Cc1ccc(S(=O)(=O)N2CCN(C(=O)C3C4CCC(C4)C3N)CC2)cc1C.Cl. The third-order valence-electron chi connectivity index (χ3n) is 6.93. The average molecular weight is 428 g/mol. The summed E-state index contributed by atoms with van der Waals surface area (Å²) in [4.78, 5) is 15.2. The van der Waals surface area contributed by atoms with E-state index < -0.39 is 10.0 Å². The fourth-order valence-electron chi connectivity index (χ4n) is 5.09. The van der Waals surface area contributed by atoms with E-state index in [-0.39, 0.29) is 30.3 Å². The number of hydrogen-bond donors (Lipinski definition) is 1. The monoisotopic (exact) mass is 427 g/mol. The number of fused-ring (bicyclic) bond motifs is 2. The Morgan fingerprint density at radius 1 is 1.04 bits per heavy atom. The highest BCUT2D eigenvalue weighted by Crippen LogP contribution is 2.48. The number of nitrogens with two attached hydrogens (primary N) is 1. The Balaban J connectivity index is 0.00000225. The highest BCUT2D eigenvalue weighted by molar-refractivity contribution is 7.89. The van der Waals surface area contributed by atoms with Crippen LogP contribution in [-0.2, 0) is 14.8 Å². The quantitative estimate of drug-likeness (QED) is 0.798. The van der Waals surface area contributed by atoms with Crippen LogP contribution in [0.15, 0.2) is 23.1 Å². The van der Waals surface area contributed by atoms with Gasteiger partial charge < -0.3 is 10.6 Å². The van der Waals surface area contributed by atoms with Gasteiger partial charge in [-0.05, 0) is 68.2 Å². The van der Waals surface area contributed by atoms with Crippen molar-refractivity contribution in [1.29, 1.82) is 0 Å². The van der Waals surface area contributed by atoms with Gasteiger partial charge >= 0.3 is 0 Å². The van der Waals surface area contributed by atoms with Crippen LogP contribution in [0.1, 0.15) is 30.4 Å². The van der Waals surface area contributed by atoms with Crippen LogP contribution in [-0.4, -0.2) is 55.8 Å². The first kappa shape index (κ1) is 21.6. The summed E-state index contributed by atoms with van der Waals surface area (Å²) < 4.78 is 27.4. The van der Waals surface area contributed by atoms with E-state index in [1.54, 1.807) is 12.1 Å². The third kappa shape index (κ3) is 3.58. The van der Waals surface area contributed by atoms with Crippen LogP contribution >= 0.6 is 12.4 Å². The molecule has 4 rings (SSSR count). The maximum Gasteiger partial charge on any atom is 0.243 e. The van der Waals surface area contributed by atoms with Crippen LogP contribution in [0.2, 0.25) is 0 Å². The van der Waals surface area contributed by atoms with Crippen LogP contribution in [0, 0.1) is 31.6 Å². The molecule has 0 aromatic heterocycles. The number of piperazine rings is 1. The summed E-state index contributed by atoms with van der Waals surface area (Å²) in [5.41, 5.74) is 8.36. The van der Waals surface area contributed by atoms with Gasteiger partial charge in [-0.25, -0.2) is 8.42 Å². The molecule has 0 spiro atoms. The first-order valence-electron chi connectivity index (χ1n) is 9.91. The highest BCUT2D eigenvalue weighted by Gasteiger charge is 2.50. The van der Waals surface area contributed by atoms with Gasteiger partial charge in [0.05, 0.1) is 10.8 Å². The normalized spacial score (nSPS) is 30.3. The molecule has 1 aromatic carbocycles. The number of aryl methyl sites for hydroxylation is 2. The fraction of sp³-hybridized carbons (Fsp3) is 0.650. The lowest BCUT2D eigenvalue weighted by Crippen LogP contribution is -2.54. The molecule has 0 radical (unpaired) electrons. The second kappa shape index (κ2) is 7.94. The zero-order chi connectivity index (χ0) is 19.3. The summed E-state index contributed by atoms with van der Waals surface area (Å²) in [6.45, 7) is 5.47. The number of carbonyl (C=O) groups excluding carboxylic acids is 1. The lowest BCUT2D eigenvalue weighted by molar-refractivity contribution is -0.139. The molecule has 2 saturated carbocycles. The molecule has 2 aliphatic carbocycles. The van der Waals surface area contributed by atoms with E-state index in [1.165, 1.54) is 4.31 Å². The van der Waals surface area contributed by atoms with Crippen LogP contribution in [0.3, 0.4) is 0 Å². The van der Waals surface area contributed by atoms with Gasteiger partial charge in [-0.1, -0.05) is 6.07 Å². The predicted molar refractivity (Wildman–Crippen MR) is 111 cm³/mol. The minimum absolute atomic E-state index is 0. The van der Waals surface area contributed by atoms with E-state index >= 15 is 0 Å².